The molecule has 5 N–H and O–H groups in total. The lowest BCUT2D eigenvalue weighted by Gasteiger charge is -2.27. The molecule has 0 heterocycles. The van der Waals surface area contributed by atoms with E-state index >= 15 is 0 Å². The number of hydrogen-bond acceptors (Lipinski definition) is 7. The van der Waals surface area contributed by atoms with Crippen molar-refractivity contribution < 1.29 is 29.0 Å². The Morgan fingerprint density at radius 3 is 2.00 bits per heavy atom. The number of anilines is 1. The average Bonchev–Trinajstić information content (AvgIpc) is 2.96. The summed E-state index contributed by atoms with van der Waals surface area (Å²) >= 11 is 0. The van der Waals surface area contributed by atoms with Crippen LogP contribution in [-0.2, 0) is 20.7 Å². The zero-order valence-electron chi connectivity index (χ0n) is 25.6. The van der Waals surface area contributed by atoms with Crippen molar-refractivity contribution >= 4 is 24.8 Å². The summed E-state index contributed by atoms with van der Waals surface area (Å²) < 4.78 is 10.4. The van der Waals surface area contributed by atoms with Crippen LogP contribution in [0.2, 0.25) is 0 Å². The van der Waals surface area contributed by atoms with E-state index in [4.69, 9.17) is 9.39 Å². The maximum atomic E-state index is 13.9. The van der Waals surface area contributed by atoms with E-state index in [1.54, 1.807) is 7.11 Å². The van der Waals surface area contributed by atoms with Crippen molar-refractivity contribution in [3.63, 3.8) is 0 Å². The molecule has 3 aromatic carbocycles. The first kappa shape index (κ1) is 33.6. The Morgan fingerprint density at radius 2 is 1.40 bits per heavy atom. The number of methoxy groups -OCH3 is 1. The Labute approximate surface area is 255 Å². The molecule has 3 atom stereocenters. The summed E-state index contributed by atoms with van der Waals surface area (Å²) in [6.45, 7) is 7.80. The van der Waals surface area contributed by atoms with Crippen LogP contribution in [0.4, 0.5) is 5.69 Å². The van der Waals surface area contributed by atoms with E-state index in [1.807, 2.05) is 107 Å². The maximum Gasteiger partial charge on any atom is 0.635 e. The molecule has 0 spiro atoms. The second kappa shape index (κ2) is 16.7. The molecule has 3 rings (SSSR count). The Hall–Kier alpha value is -3.86. The summed E-state index contributed by atoms with van der Waals surface area (Å²) in [6.07, 6.45) is 0.183. The SMILES string of the molecule is COc1ccc(C[C@H](Nc2cccc(-c3ccccc3)c2)C(=O)N[C@@H](CC(C)C)C(=O)N[C@@H](CC(C)C)OB(O)O)cc1. The molecule has 0 saturated heterocycles. The first-order valence-corrected chi connectivity index (χ1v) is 14.7. The minimum Gasteiger partial charge on any atom is -0.497 e. The summed E-state index contributed by atoms with van der Waals surface area (Å²) in [4.78, 5) is 27.3. The van der Waals surface area contributed by atoms with E-state index in [-0.39, 0.29) is 17.7 Å². The standard InChI is InChI=1S/C33H44BN3O6/c1-22(2)18-29(33(39)37-31(19-23(3)4)43-34(40)41)36-32(38)30(20-24-14-16-28(42-5)17-15-24)35-27-13-9-12-26(21-27)25-10-7-6-8-11-25/h6-17,21-23,29-31,35,40-41H,18-20H2,1-5H3,(H,36,38)(H,37,39)/t29-,30-,31+/m0/s1. The second-order valence-corrected chi connectivity index (χ2v) is 11.5. The topological polar surface area (TPSA) is 129 Å². The summed E-state index contributed by atoms with van der Waals surface area (Å²) in [5.74, 6) is 0.132. The fraction of sp³-hybridized carbons (Fsp3) is 0.394. The van der Waals surface area contributed by atoms with Crippen LogP contribution in [0.5, 0.6) is 5.75 Å². The highest BCUT2D eigenvalue weighted by atomic mass is 16.6. The Bertz CT molecular complexity index is 1280. The van der Waals surface area contributed by atoms with Crippen LogP contribution in [0.1, 0.15) is 46.1 Å². The fourth-order valence-electron chi connectivity index (χ4n) is 4.78. The van der Waals surface area contributed by atoms with Gasteiger partial charge in [-0.1, -0.05) is 82.3 Å². The van der Waals surface area contributed by atoms with Gasteiger partial charge in [-0.3, -0.25) is 9.59 Å². The number of carbonyl (C=O) groups excluding carboxylic acids is 2. The minimum atomic E-state index is -2.04. The van der Waals surface area contributed by atoms with Crippen molar-refractivity contribution in [3.8, 4) is 16.9 Å². The lowest BCUT2D eigenvalue weighted by Crippen LogP contribution is -2.54. The average molecular weight is 590 g/mol. The minimum absolute atomic E-state index is 0.0968. The van der Waals surface area contributed by atoms with E-state index in [0.29, 0.717) is 25.0 Å². The van der Waals surface area contributed by atoms with E-state index in [0.717, 1.165) is 22.4 Å². The fourth-order valence-corrected chi connectivity index (χ4v) is 4.78. The first-order valence-electron chi connectivity index (χ1n) is 14.7. The van der Waals surface area contributed by atoms with Gasteiger partial charge in [0.05, 0.1) is 7.11 Å². The molecule has 0 saturated carbocycles. The summed E-state index contributed by atoms with van der Waals surface area (Å²) in [6, 6.07) is 23.8. The van der Waals surface area contributed by atoms with E-state index < -0.39 is 31.5 Å². The molecule has 230 valence electrons. The third-order valence-electron chi connectivity index (χ3n) is 6.84. The molecule has 10 heteroatoms. The highest BCUT2D eigenvalue weighted by Gasteiger charge is 2.29. The predicted molar refractivity (Wildman–Crippen MR) is 170 cm³/mol. The first-order chi connectivity index (χ1) is 20.5. The number of benzene rings is 3. The number of nitrogens with one attached hydrogen (secondary N) is 3. The molecule has 0 radical (unpaired) electrons. The zero-order valence-corrected chi connectivity index (χ0v) is 25.6. The molecular weight excluding hydrogens is 545 g/mol. The van der Waals surface area contributed by atoms with Crippen molar-refractivity contribution in [1.29, 1.82) is 0 Å². The van der Waals surface area contributed by atoms with Gasteiger partial charge in [-0.2, -0.15) is 0 Å². The number of rotatable bonds is 16. The van der Waals surface area contributed by atoms with Crippen molar-refractivity contribution in [1.82, 2.24) is 10.6 Å². The van der Waals surface area contributed by atoms with Gasteiger partial charge in [-0.05, 0) is 65.6 Å². The third kappa shape index (κ3) is 11.4. The number of ether oxygens (including phenoxy) is 1. The van der Waals surface area contributed by atoms with Crippen LogP contribution in [0.15, 0.2) is 78.9 Å². The Balaban J connectivity index is 1.85. The molecule has 9 nitrogen and oxygen atoms in total. The molecule has 2 amide bonds. The summed E-state index contributed by atoms with van der Waals surface area (Å²) in [7, 11) is -0.434. The van der Waals surface area contributed by atoms with Gasteiger partial charge in [0, 0.05) is 12.1 Å². The highest BCUT2D eigenvalue weighted by molar-refractivity contribution is 6.32. The van der Waals surface area contributed by atoms with Gasteiger partial charge in [0.15, 0.2) is 0 Å². The van der Waals surface area contributed by atoms with Crippen molar-refractivity contribution in [3.05, 3.63) is 84.4 Å². The van der Waals surface area contributed by atoms with Gasteiger partial charge in [0.25, 0.3) is 0 Å². The van der Waals surface area contributed by atoms with Crippen LogP contribution in [0, 0.1) is 11.8 Å². The maximum absolute atomic E-state index is 13.9. The number of hydrogen-bond donors (Lipinski definition) is 5. The second-order valence-electron chi connectivity index (χ2n) is 11.5. The molecule has 0 aromatic heterocycles. The lowest BCUT2D eigenvalue weighted by molar-refractivity contribution is -0.131. The van der Waals surface area contributed by atoms with Gasteiger partial charge < -0.3 is 35.4 Å². The van der Waals surface area contributed by atoms with Crippen LogP contribution in [0.3, 0.4) is 0 Å². The normalized spacial score (nSPS) is 13.2. The third-order valence-corrected chi connectivity index (χ3v) is 6.84. The molecule has 0 unspecified atom stereocenters. The zero-order chi connectivity index (χ0) is 31.4. The largest absolute Gasteiger partial charge is 0.635 e. The monoisotopic (exact) mass is 589 g/mol. The molecule has 0 aliphatic heterocycles. The van der Waals surface area contributed by atoms with Gasteiger partial charge in [-0.15, -0.1) is 0 Å². The molecular formula is C33H44BN3O6. The van der Waals surface area contributed by atoms with Crippen LogP contribution in [0.25, 0.3) is 11.1 Å². The molecule has 0 bridgehead atoms. The number of amides is 2. The highest BCUT2D eigenvalue weighted by Crippen LogP contribution is 2.24. The van der Waals surface area contributed by atoms with Crippen molar-refractivity contribution in [2.45, 2.75) is 65.3 Å². The molecule has 3 aromatic rings. The lowest BCUT2D eigenvalue weighted by atomic mass is 10.00. The van der Waals surface area contributed by atoms with Gasteiger partial charge in [0.2, 0.25) is 11.8 Å². The molecule has 0 fully saturated rings. The molecule has 43 heavy (non-hydrogen) atoms. The molecule has 0 aliphatic carbocycles. The van der Waals surface area contributed by atoms with Crippen molar-refractivity contribution in [2.24, 2.45) is 11.8 Å². The number of carbonyl (C=O) groups is 2. The van der Waals surface area contributed by atoms with Gasteiger partial charge >= 0.3 is 7.32 Å². The van der Waals surface area contributed by atoms with Gasteiger partial charge in [0.1, 0.15) is 24.1 Å². The Kier molecular flexibility index (Phi) is 13.1. The van der Waals surface area contributed by atoms with Crippen LogP contribution >= 0.6 is 0 Å². The van der Waals surface area contributed by atoms with E-state index in [2.05, 4.69) is 16.0 Å². The smallest absolute Gasteiger partial charge is 0.497 e. The van der Waals surface area contributed by atoms with Crippen LogP contribution in [-0.4, -0.2) is 54.6 Å². The Morgan fingerprint density at radius 1 is 0.767 bits per heavy atom. The van der Waals surface area contributed by atoms with Crippen molar-refractivity contribution in [2.75, 3.05) is 12.4 Å². The summed E-state index contributed by atoms with van der Waals surface area (Å²) in [5.41, 5.74) is 3.75. The summed E-state index contributed by atoms with van der Waals surface area (Å²) in [5, 5.41) is 27.8. The van der Waals surface area contributed by atoms with E-state index in [1.165, 1.54) is 0 Å². The van der Waals surface area contributed by atoms with Gasteiger partial charge in [-0.25, -0.2) is 0 Å². The quantitative estimate of drug-likeness (QED) is 0.124. The van der Waals surface area contributed by atoms with E-state index in [9.17, 15) is 19.6 Å². The predicted octanol–water partition coefficient (Wildman–Crippen LogP) is 4.39. The van der Waals surface area contributed by atoms with Crippen LogP contribution < -0.4 is 20.7 Å². The molecule has 0 aliphatic rings.